The minimum atomic E-state index is -3.38. The van der Waals surface area contributed by atoms with Gasteiger partial charge in [-0.1, -0.05) is 0 Å². The summed E-state index contributed by atoms with van der Waals surface area (Å²) in [6.45, 7) is -3.38. The molecular formula is C20H12O3PSe-. The molecule has 1 aliphatic heterocycles. The molecule has 4 aromatic carbocycles. The summed E-state index contributed by atoms with van der Waals surface area (Å²) >= 11 is 2.58. The first kappa shape index (κ1) is 15.2. The van der Waals surface area contributed by atoms with Gasteiger partial charge in [0.25, 0.3) is 0 Å². The second-order valence-corrected chi connectivity index (χ2v) is 10.0. The van der Waals surface area contributed by atoms with E-state index in [1.165, 1.54) is 0 Å². The molecule has 0 atom stereocenters. The van der Waals surface area contributed by atoms with Gasteiger partial charge in [0, 0.05) is 0 Å². The van der Waals surface area contributed by atoms with Crippen LogP contribution in [0, 0.1) is 0 Å². The first-order valence-electron chi connectivity index (χ1n) is 7.86. The van der Waals surface area contributed by atoms with Gasteiger partial charge in [-0.3, -0.25) is 0 Å². The van der Waals surface area contributed by atoms with E-state index in [9.17, 15) is 4.89 Å². The molecule has 0 saturated carbocycles. The summed E-state index contributed by atoms with van der Waals surface area (Å²) in [6.07, 6.45) is 0. The van der Waals surface area contributed by atoms with Crippen LogP contribution in [0.4, 0.5) is 0 Å². The molecule has 0 aromatic heterocycles. The van der Waals surface area contributed by atoms with E-state index >= 15 is 0 Å². The van der Waals surface area contributed by atoms with E-state index in [1.54, 1.807) is 0 Å². The molecule has 122 valence electrons. The summed E-state index contributed by atoms with van der Waals surface area (Å²) in [4.78, 5) is 12.8. The monoisotopic (exact) mass is 411 g/mol. The average molecular weight is 410 g/mol. The fourth-order valence-electron chi connectivity index (χ4n) is 3.43. The van der Waals surface area contributed by atoms with Gasteiger partial charge in [-0.2, -0.15) is 0 Å². The Morgan fingerprint density at radius 3 is 1.56 bits per heavy atom. The molecule has 0 saturated heterocycles. The summed E-state index contributed by atoms with van der Waals surface area (Å²) in [6, 6.07) is 23.9. The van der Waals surface area contributed by atoms with Crippen LogP contribution in [0.2, 0.25) is 0 Å². The van der Waals surface area contributed by atoms with Crippen molar-refractivity contribution >= 4 is 43.7 Å². The fraction of sp³-hybridized carbons (Fsp3) is 0. The van der Waals surface area contributed by atoms with E-state index in [4.69, 9.17) is 9.05 Å². The maximum absolute atomic E-state index is 12.8. The fourth-order valence-corrected chi connectivity index (χ4v) is 5.26. The molecule has 1 heterocycles. The van der Waals surface area contributed by atoms with Gasteiger partial charge in [0.15, 0.2) is 0 Å². The third-order valence-electron chi connectivity index (χ3n) is 4.45. The predicted octanol–water partition coefficient (Wildman–Crippen LogP) is 4.64. The van der Waals surface area contributed by atoms with E-state index in [-0.39, 0.29) is 0 Å². The Kier molecular flexibility index (Phi) is 3.31. The molecule has 1 aliphatic rings. The molecule has 4 aromatic rings. The van der Waals surface area contributed by atoms with Gasteiger partial charge < -0.3 is 0 Å². The summed E-state index contributed by atoms with van der Waals surface area (Å²) in [5, 5.41) is 4.28. The van der Waals surface area contributed by atoms with Gasteiger partial charge in [0.1, 0.15) is 0 Å². The molecule has 5 heteroatoms. The molecule has 0 bridgehead atoms. The van der Waals surface area contributed by atoms with Crippen molar-refractivity contribution in [2.24, 2.45) is 0 Å². The van der Waals surface area contributed by atoms with E-state index in [0.717, 1.165) is 32.7 Å². The normalized spacial score (nSPS) is 15.0. The summed E-state index contributed by atoms with van der Waals surface area (Å²) in [7, 11) is 0. The van der Waals surface area contributed by atoms with Crippen molar-refractivity contribution in [1.29, 1.82) is 0 Å². The third-order valence-corrected chi connectivity index (χ3v) is 6.23. The van der Waals surface area contributed by atoms with Crippen LogP contribution < -0.4 is 13.9 Å². The SMILES string of the molecule is [O-][P+]1([Se-])Oc2ccc3ccccc3c2-c2c(ccc3ccccc23)O1. The van der Waals surface area contributed by atoms with Crippen molar-refractivity contribution in [2.45, 2.75) is 0 Å². The molecule has 0 radical (unpaired) electrons. The van der Waals surface area contributed by atoms with Gasteiger partial charge in [0.05, 0.1) is 0 Å². The first-order chi connectivity index (χ1) is 12.1. The topological polar surface area (TPSA) is 41.5 Å². The summed E-state index contributed by atoms with van der Waals surface area (Å²) < 4.78 is 11.5. The summed E-state index contributed by atoms with van der Waals surface area (Å²) in [5.74, 6) is 1.13. The van der Waals surface area contributed by atoms with Crippen molar-refractivity contribution in [3.05, 3.63) is 72.8 Å². The molecule has 0 aliphatic carbocycles. The second-order valence-electron chi connectivity index (χ2n) is 5.95. The van der Waals surface area contributed by atoms with Crippen molar-refractivity contribution in [3.63, 3.8) is 0 Å². The zero-order chi connectivity index (χ0) is 17.0. The van der Waals surface area contributed by atoms with Crippen LogP contribution in [0.3, 0.4) is 0 Å². The van der Waals surface area contributed by atoms with Crippen molar-refractivity contribution in [3.8, 4) is 22.6 Å². The van der Waals surface area contributed by atoms with Gasteiger partial charge in [-0.25, -0.2) is 0 Å². The van der Waals surface area contributed by atoms with Crippen molar-refractivity contribution < 1.29 is 13.9 Å². The van der Waals surface area contributed by atoms with Gasteiger partial charge in [-0.05, 0) is 0 Å². The zero-order valence-electron chi connectivity index (χ0n) is 13.0. The average Bonchev–Trinajstić information content (AvgIpc) is 2.73. The Bertz CT molecular complexity index is 1050. The van der Waals surface area contributed by atoms with Crippen LogP contribution in [0.25, 0.3) is 32.7 Å². The minimum absolute atomic E-state index is 0.566. The Morgan fingerprint density at radius 1 is 0.640 bits per heavy atom. The molecule has 0 spiro atoms. The van der Waals surface area contributed by atoms with Crippen molar-refractivity contribution in [2.75, 3.05) is 0 Å². The number of rotatable bonds is 0. The van der Waals surface area contributed by atoms with E-state index in [0.29, 0.717) is 11.5 Å². The second kappa shape index (κ2) is 5.45. The van der Waals surface area contributed by atoms with Gasteiger partial charge >= 0.3 is 153 Å². The van der Waals surface area contributed by atoms with Crippen LogP contribution in [0.5, 0.6) is 11.5 Å². The van der Waals surface area contributed by atoms with Crippen LogP contribution in [-0.2, 0) is 0 Å². The van der Waals surface area contributed by atoms with Gasteiger partial charge in [-0.15, -0.1) is 0 Å². The van der Waals surface area contributed by atoms with E-state index < -0.39 is 6.63 Å². The standard InChI is InChI=1S/C20H13O3PSe/c21-24(25)22-17-11-9-13-5-1-3-7-15(13)19(17)20-16-8-4-2-6-14(16)10-12-18(20)23-24/h1-12H,(H,21,25)/p-1. The molecule has 25 heavy (non-hydrogen) atoms. The molecule has 3 nitrogen and oxygen atoms in total. The number of fused-ring (bicyclic) bond motifs is 7. The summed E-state index contributed by atoms with van der Waals surface area (Å²) in [5.41, 5.74) is 1.83. The van der Waals surface area contributed by atoms with Crippen molar-refractivity contribution in [1.82, 2.24) is 0 Å². The van der Waals surface area contributed by atoms with E-state index in [2.05, 4.69) is 39.8 Å². The third kappa shape index (κ3) is 2.42. The van der Waals surface area contributed by atoms with E-state index in [1.807, 2.05) is 48.5 Å². The van der Waals surface area contributed by atoms with Crippen LogP contribution in [-0.4, -0.2) is 15.6 Å². The molecule has 0 unspecified atom stereocenters. The predicted molar refractivity (Wildman–Crippen MR) is 101 cm³/mol. The molecule has 0 fully saturated rings. The quantitative estimate of drug-likeness (QED) is 0.313. The van der Waals surface area contributed by atoms with Crippen LogP contribution in [0.1, 0.15) is 0 Å². The Hall–Kier alpha value is -2.09. The molecule has 5 rings (SSSR count). The molecule has 0 amide bonds. The number of benzene rings is 4. The zero-order valence-corrected chi connectivity index (χ0v) is 15.6. The van der Waals surface area contributed by atoms with Crippen LogP contribution in [0.15, 0.2) is 72.8 Å². The number of hydrogen-bond acceptors (Lipinski definition) is 3. The molecule has 0 N–H and O–H groups in total. The Labute approximate surface area is 153 Å². The Morgan fingerprint density at radius 2 is 1.08 bits per heavy atom. The Balaban J connectivity index is 2.00. The number of hydrogen-bond donors (Lipinski definition) is 0. The maximum atomic E-state index is 12.8. The first-order valence-corrected chi connectivity index (χ1v) is 11.6. The molecular weight excluding hydrogens is 398 g/mol. The van der Waals surface area contributed by atoms with Gasteiger partial charge in [0.2, 0.25) is 0 Å². The van der Waals surface area contributed by atoms with Crippen LogP contribution >= 0.6 is 6.63 Å².